The molecule has 0 saturated carbocycles. The van der Waals surface area contributed by atoms with Gasteiger partial charge in [0.05, 0.1) is 29.5 Å². The van der Waals surface area contributed by atoms with Gasteiger partial charge in [0.25, 0.3) is 5.91 Å². The highest BCUT2D eigenvalue weighted by Crippen LogP contribution is 2.26. The third kappa shape index (κ3) is 5.05. The lowest BCUT2D eigenvalue weighted by Gasteiger charge is -2.09. The van der Waals surface area contributed by atoms with Crippen LogP contribution in [0.1, 0.15) is 16.7 Å². The summed E-state index contributed by atoms with van der Waals surface area (Å²) in [5.74, 6) is 0.0246. The maximum absolute atomic E-state index is 12.5. The Balaban J connectivity index is 1.29. The van der Waals surface area contributed by atoms with E-state index in [1.54, 1.807) is 6.07 Å². The number of aryl methyl sites for hydroxylation is 1. The van der Waals surface area contributed by atoms with Crippen LogP contribution in [0.25, 0.3) is 21.8 Å². The topological polar surface area (TPSA) is 79.5 Å². The summed E-state index contributed by atoms with van der Waals surface area (Å²) in [6.45, 7) is 2.74. The first-order valence-electron chi connectivity index (χ1n) is 11.2. The summed E-state index contributed by atoms with van der Waals surface area (Å²) in [5.41, 5.74) is 7.44. The molecule has 6 nitrogen and oxygen atoms in total. The molecule has 7 heteroatoms. The number of thioether (sulfide) groups is 1. The lowest BCUT2D eigenvalue weighted by Crippen LogP contribution is -2.20. The molecule has 174 valence electrons. The number of imidazole rings is 1. The van der Waals surface area contributed by atoms with E-state index in [-0.39, 0.29) is 17.4 Å². The van der Waals surface area contributed by atoms with Crippen molar-refractivity contribution in [2.75, 3.05) is 5.75 Å². The number of aromatic hydroxyl groups is 1. The summed E-state index contributed by atoms with van der Waals surface area (Å²) in [4.78, 5) is 17.3. The first-order chi connectivity index (χ1) is 17.1. The molecule has 0 aliphatic rings. The van der Waals surface area contributed by atoms with Crippen molar-refractivity contribution in [1.29, 1.82) is 0 Å². The van der Waals surface area contributed by atoms with Gasteiger partial charge in [-0.25, -0.2) is 10.4 Å². The monoisotopic (exact) mass is 480 g/mol. The lowest BCUT2D eigenvalue weighted by atomic mass is 10.0. The predicted octanol–water partition coefficient (Wildman–Crippen LogP) is 5.49. The molecule has 1 heterocycles. The van der Waals surface area contributed by atoms with Gasteiger partial charge in [-0.05, 0) is 41.5 Å². The summed E-state index contributed by atoms with van der Waals surface area (Å²) in [7, 11) is 0. The van der Waals surface area contributed by atoms with Crippen LogP contribution >= 0.6 is 11.8 Å². The molecule has 35 heavy (non-hydrogen) atoms. The van der Waals surface area contributed by atoms with Crippen molar-refractivity contribution in [1.82, 2.24) is 15.0 Å². The SMILES string of the molecule is Cc1ccc(Cn2c(SCC(=O)NN=Cc3c(O)ccc4ccccc34)nc3ccccc32)cc1. The molecule has 0 bridgehead atoms. The third-order valence-electron chi connectivity index (χ3n) is 5.74. The lowest BCUT2D eigenvalue weighted by molar-refractivity contribution is -0.118. The normalized spacial score (nSPS) is 11.5. The first-order valence-corrected chi connectivity index (χ1v) is 12.2. The van der Waals surface area contributed by atoms with Gasteiger partial charge in [-0.3, -0.25) is 4.79 Å². The van der Waals surface area contributed by atoms with Crippen molar-refractivity contribution in [2.24, 2.45) is 5.10 Å². The van der Waals surface area contributed by atoms with Gasteiger partial charge < -0.3 is 9.67 Å². The van der Waals surface area contributed by atoms with Crippen LogP contribution in [-0.4, -0.2) is 32.5 Å². The average molecular weight is 481 g/mol. The molecule has 0 aliphatic carbocycles. The number of para-hydroxylation sites is 2. The number of phenolic OH excluding ortho intramolecular Hbond substituents is 1. The minimum Gasteiger partial charge on any atom is -0.507 e. The number of amides is 1. The smallest absolute Gasteiger partial charge is 0.250 e. The molecule has 0 spiro atoms. The Morgan fingerprint density at radius 2 is 1.80 bits per heavy atom. The largest absolute Gasteiger partial charge is 0.507 e. The fourth-order valence-electron chi connectivity index (χ4n) is 3.94. The number of nitrogens with one attached hydrogen (secondary N) is 1. The second-order valence-electron chi connectivity index (χ2n) is 8.26. The molecular formula is C28H24N4O2S. The van der Waals surface area contributed by atoms with Gasteiger partial charge in [0.2, 0.25) is 0 Å². The molecule has 0 unspecified atom stereocenters. The van der Waals surface area contributed by atoms with Crippen LogP contribution in [0, 0.1) is 6.92 Å². The Labute approximate surface area is 207 Å². The average Bonchev–Trinajstić information content (AvgIpc) is 3.22. The Morgan fingerprint density at radius 1 is 1.03 bits per heavy atom. The minimum atomic E-state index is -0.250. The Morgan fingerprint density at radius 3 is 2.66 bits per heavy atom. The number of hydrazone groups is 1. The number of hydrogen-bond donors (Lipinski definition) is 2. The van der Waals surface area contributed by atoms with Crippen molar-refractivity contribution < 1.29 is 9.90 Å². The molecule has 4 aromatic carbocycles. The Hall–Kier alpha value is -4.10. The molecule has 0 radical (unpaired) electrons. The zero-order valence-corrected chi connectivity index (χ0v) is 20.0. The second kappa shape index (κ2) is 10.0. The maximum Gasteiger partial charge on any atom is 0.250 e. The highest BCUT2D eigenvalue weighted by molar-refractivity contribution is 7.99. The van der Waals surface area contributed by atoms with E-state index < -0.39 is 0 Å². The quantitative estimate of drug-likeness (QED) is 0.183. The van der Waals surface area contributed by atoms with E-state index in [1.807, 2.05) is 54.6 Å². The molecule has 0 fully saturated rings. The molecule has 1 aromatic heterocycles. The van der Waals surface area contributed by atoms with Crippen LogP contribution in [-0.2, 0) is 11.3 Å². The molecule has 0 atom stereocenters. The number of fused-ring (bicyclic) bond motifs is 2. The zero-order chi connectivity index (χ0) is 24.2. The van der Waals surface area contributed by atoms with Gasteiger partial charge in [0.1, 0.15) is 5.75 Å². The summed E-state index contributed by atoms with van der Waals surface area (Å²) in [6.07, 6.45) is 1.48. The van der Waals surface area contributed by atoms with E-state index in [9.17, 15) is 9.90 Å². The number of carbonyl (C=O) groups excluding carboxylic acids is 1. The summed E-state index contributed by atoms with van der Waals surface area (Å²) >= 11 is 1.37. The van der Waals surface area contributed by atoms with E-state index in [0.29, 0.717) is 12.1 Å². The summed E-state index contributed by atoms with van der Waals surface area (Å²) in [5, 5.41) is 17.0. The van der Waals surface area contributed by atoms with Crippen molar-refractivity contribution in [3.63, 3.8) is 0 Å². The molecule has 5 rings (SSSR count). The summed E-state index contributed by atoms with van der Waals surface area (Å²) < 4.78 is 2.13. The van der Waals surface area contributed by atoms with Crippen LogP contribution in [0.4, 0.5) is 0 Å². The van der Waals surface area contributed by atoms with Crippen molar-refractivity contribution in [3.8, 4) is 5.75 Å². The van der Waals surface area contributed by atoms with Crippen LogP contribution in [0.2, 0.25) is 0 Å². The fraction of sp³-hybridized carbons (Fsp3) is 0.107. The molecule has 2 N–H and O–H groups in total. The molecule has 0 aliphatic heterocycles. The molecule has 5 aromatic rings. The Kier molecular flexibility index (Phi) is 6.50. The van der Waals surface area contributed by atoms with E-state index in [1.165, 1.54) is 29.1 Å². The molecule has 1 amide bonds. The first kappa shape index (κ1) is 22.7. The van der Waals surface area contributed by atoms with Crippen molar-refractivity contribution >= 4 is 45.7 Å². The van der Waals surface area contributed by atoms with Gasteiger partial charge in [0, 0.05) is 5.56 Å². The number of benzene rings is 4. The second-order valence-corrected chi connectivity index (χ2v) is 9.20. The maximum atomic E-state index is 12.5. The van der Waals surface area contributed by atoms with E-state index in [4.69, 9.17) is 4.98 Å². The highest BCUT2D eigenvalue weighted by atomic mass is 32.2. The number of phenols is 1. The third-order valence-corrected chi connectivity index (χ3v) is 6.72. The molecule has 0 saturated heterocycles. The predicted molar refractivity (Wildman–Crippen MR) is 142 cm³/mol. The van der Waals surface area contributed by atoms with Crippen molar-refractivity contribution in [2.45, 2.75) is 18.6 Å². The van der Waals surface area contributed by atoms with Gasteiger partial charge >= 0.3 is 0 Å². The van der Waals surface area contributed by atoms with E-state index >= 15 is 0 Å². The van der Waals surface area contributed by atoms with Gasteiger partial charge in [0.15, 0.2) is 5.16 Å². The minimum absolute atomic E-state index is 0.112. The van der Waals surface area contributed by atoms with Crippen LogP contribution in [0.3, 0.4) is 0 Å². The highest BCUT2D eigenvalue weighted by Gasteiger charge is 2.13. The number of carbonyl (C=O) groups is 1. The van der Waals surface area contributed by atoms with Crippen LogP contribution in [0.5, 0.6) is 5.75 Å². The molecular weight excluding hydrogens is 456 g/mol. The van der Waals surface area contributed by atoms with Crippen LogP contribution in [0.15, 0.2) is 95.2 Å². The number of nitrogens with zero attached hydrogens (tertiary/aromatic N) is 3. The van der Waals surface area contributed by atoms with Gasteiger partial charge in [-0.15, -0.1) is 0 Å². The van der Waals surface area contributed by atoms with Gasteiger partial charge in [-0.2, -0.15) is 5.10 Å². The Bertz CT molecular complexity index is 1540. The number of rotatable bonds is 7. The van der Waals surface area contributed by atoms with E-state index in [2.05, 4.69) is 46.3 Å². The summed E-state index contributed by atoms with van der Waals surface area (Å²) in [6, 6.07) is 27.6. The van der Waals surface area contributed by atoms with Gasteiger partial charge in [-0.1, -0.05) is 84.1 Å². The van der Waals surface area contributed by atoms with Crippen molar-refractivity contribution in [3.05, 3.63) is 102 Å². The van der Waals surface area contributed by atoms with E-state index in [0.717, 1.165) is 27.0 Å². The number of aromatic nitrogens is 2. The standard InChI is InChI=1S/C28H24N4O2S/c1-19-10-12-20(13-11-19)17-32-25-9-5-4-8-24(25)30-28(32)35-18-27(34)31-29-16-23-22-7-3-2-6-21(22)14-15-26(23)33/h2-16,33H,17-18H2,1H3,(H,31,34). The zero-order valence-electron chi connectivity index (χ0n) is 19.2. The van der Waals surface area contributed by atoms with Crippen LogP contribution < -0.4 is 5.43 Å². The fourth-order valence-corrected chi connectivity index (χ4v) is 4.75. The number of hydrogen-bond acceptors (Lipinski definition) is 5.